The van der Waals surface area contributed by atoms with Gasteiger partial charge in [0.15, 0.2) is 6.23 Å². The molecule has 1 aliphatic carbocycles. The number of aryl methyl sites for hydroxylation is 1. The first-order valence-electron chi connectivity index (χ1n) is 10.6. The number of nitrogens with zero attached hydrogens (tertiary/aromatic N) is 2. The van der Waals surface area contributed by atoms with Crippen LogP contribution < -0.4 is 4.74 Å². The second kappa shape index (κ2) is 8.09. The fourth-order valence-electron chi connectivity index (χ4n) is 5.03. The molecule has 3 nitrogen and oxygen atoms in total. The number of likely N-dealkylation sites (tertiary alicyclic amines) is 2. The van der Waals surface area contributed by atoms with Crippen molar-refractivity contribution in [1.82, 2.24) is 9.80 Å². The SMILES string of the molecule is CCC(Oc1ccc2c(c1)C(N1CCCC1)CCCC2)N1CCCC1. The molecule has 2 heterocycles. The highest BCUT2D eigenvalue weighted by molar-refractivity contribution is 5.39. The Bertz CT molecular complexity index is 561. The molecule has 0 radical (unpaired) electrons. The third kappa shape index (κ3) is 3.88. The normalized spacial score (nSPS) is 26.4. The third-order valence-corrected chi connectivity index (χ3v) is 6.40. The molecule has 0 spiro atoms. The summed E-state index contributed by atoms with van der Waals surface area (Å²) < 4.78 is 6.47. The second-order valence-electron chi connectivity index (χ2n) is 8.09. The van der Waals surface area contributed by atoms with Gasteiger partial charge in [-0.3, -0.25) is 9.80 Å². The van der Waals surface area contributed by atoms with E-state index in [1.165, 1.54) is 77.5 Å². The molecule has 2 unspecified atom stereocenters. The van der Waals surface area contributed by atoms with Crippen molar-refractivity contribution in [2.24, 2.45) is 0 Å². The average molecular weight is 343 g/mol. The summed E-state index contributed by atoms with van der Waals surface area (Å²) in [6.07, 6.45) is 11.9. The zero-order valence-electron chi connectivity index (χ0n) is 15.9. The summed E-state index contributed by atoms with van der Waals surface area (Å²) in [5, 5.41) is 0. The van der Waals surface area contributed by atoms with Crippen molar-refractivity contribution in [3.8, 4) is 5.75 Å². The van der Waals surface area contributed by atoms with Crippen LogP contribution in [-0.4, -0.2) is 42.2 Å². The Kier molecular flexibility index (Phi) is 5.62. The van der Waals surface area contributed by atoms with E-state index in [0.29, 0.717) is 6.04 Å². The molecule has 25 heavy (non-hydrogen) atoms. The molecule has 2 atom stereocenters. The Hall–Kier alpha value is -1.06. The van der Waals surface area contributed by atoms with Crippen LogP contribution in [-0.2, 0) is 6.42 Å². The molecule has 2 fully saturated rings. The van der Waals surface area contributed by atoms with E-state index in [4.69, 9.17) is 4.74 Å². The fraction of sp³-hybridized carbons (Fsp3) is 0.727. The molecule has 4 rings (SSSR count). The van der Waals surface area contributed by atoms with Gasteiger partial charge in [-0.1, -0.05) is 19.4 Å². The maximum Gasteiger partial charge on any atom is 0.152 e. The molecule has 0 N–H and O–H groups in total. The highest BCUT2D eigenvalue weighted by Gasteiger charge is 2.28. The van der Waals surface area contributed by atoms with Gasteiger partial charge in [-0.15, -0.1) is 0 Å². The summed E-state index contributed by atoms with van der Waals surface area (Å²) in [6.45, 7) is 7.19. The van der Waals surface area contributed by atoms with Crippen molar-refractivity contribution in [3.05, 3.63) is 29.3 Å². The zero-order valence-corrected chi connectivity index (χ0v) is 15.9. The Balaban J connectivity index is 1.55. The van der Waals surface area contributed by atoms with Gasteiger partial charge in [0.2, 0.25) is 0 Å². The van der Waals surface area contributed by atoms with E-state index < -0.39 is 0 Å². The topological polar surface area (TPSA) is 15.7 Å². The van der Waals surface area contributed by atoms with Crippen LogP contribution >= 0.6 is 0 Å². The maximum atomic E-state index is 6.47. The predicted molar refractivity (Wildman–Crippen MR) is 103 cm³/mol. The van der Waals surface area contributed by atoms with Gasteiger partial charge in [-0.25, -0.2) is 0 Å². The van der Waals surface area contributed by atoms with Crippen molar-refractivity contribution in [2.45, 2.75) is 77.0 Å². The smallest absolute Gasteiger partial charge is 0.152 e. The first-order valence-corrected chi connectivity index (χ1v) is 10.6. The lowest BCUT2D eigenvalue weighted by atomic mass is 9.97. The Morgan fingerprint density at radius 2 is 1.76 bits per heavy atom. The molecule has 138 valence electrons. The minimum absolute atomic E-state index is 0.247. The lowest BCUT2D eigenvalue weighted by molar-refractivity contribution is 0.0400. The lowest BCUT2D eigenvalue weighted by Gasteiger charge is -2.30. The van der Waals surface area contributed by atoms with Gasteiger partial charge in [0, 0.05) is 19.1 Å². The van der Waals surface area contributed by atoms with E-state index in [9.17, 15) is 0 Å². The van der Waals surface area contributed by atoms with Crippen LogP contribution in [0, 0.1) is 0 Å². The first kappa shape index (κ1) is 17.4. The monoisotopic (exact) mass is 342 g/mol. The van der Waals surface area contributed by atoms with Crippen LogP contribution in [0.25, 0.3) is 0 Å². The number of fused-ring (bicyclic) bond motifs is 1. The Morgan fingerprint density at radius 1 is 1.00 bits per heavy atom. The van der Waals surface area contributed by atoms with E-state index >= 15 is 0 Å². The lowest BCUT2D eigenvalue weighted by Crippen LogP contribution is -2.36. The summed E-state index contributed by atoms with van der Waals surface area (Å²) in [7, 11) is 0. The summed E-state index contributed by atoms with van der Waals surface area (Å²) in [4.78, 5) is 5.25. The molecule has 3 aliphatic rings. The third-order valence-electron chi connectivity index (χ3n) is 6.40. The minimum Gasteiger partial charge on any atom is -0.475 e. The zero-order chi connectivity index (χ0) is 17.1. The molecule has 2 saturated heterocycles. The van der Waals surface area contributed by atoms with Crippen molar-refractivity contribution < 1.29 is 4.74 Å². The highest BCUT2D eigenvalue weighted by Crippen LogP contribution is 2.37. The van der Waals surface area contributed by atoms with Crippen molar-refractivity contribution in [3.63, 3.8) is 0 Å². The van der Waals surface area contributed by atoms with Gasteiger partial charge >= 0.3 is 0 Å². The van der Waals surface area contributed by atoms with Crippen molar-refractivity contribution in [2.75, 3.05) is 26.2 Å². The average Bonchev–Trinajstić information content (AvgIpc) is 3.31. The predicted octanol–water partition coefficient (Wildman–Crippen LogP) is 4.76. The minimum atomic E-state index is 0.247. The number of benzene rings is 1. The standard InChI is InChI=1S/C22H34N2O/c1-2-22(24-15-7-8-16-24)25-19-12-11-18-9-3-4-10-21(20(18)17-19)23-13-5-6-14-23/h11-12,17,21-22H,2-10,13-16H2,1H3. The molecule has 0 bridgehead atoms. The molecule has 0 aromatic heterocycles. The summed E-state index contributed by atoms with van der Waals surface area (Å²) in [5.41, 5.74) is 3.13. The van der Waals surface area contributed by atoms with Gasteiger partial charge in [0.1, 0.15) is 5.75 Å². The van der Waals surface area contributed by atoms with Gasteiger partial charge in [0.05, 0.1) is 0 Å². The molecule has 0 amide bonds. The van der Waals surface area contributed by atoms with Crippen LogP contribution in [0.1, 0.15) is 75.5 Å². The van der Waals surface area contributed by atoms with Gasteiger partial charge < -0.3 is 4.74 Å². The second-order valence-corrected chi connectivity index (χ2v) is 8.09. The van der Waals surface area contributed by atoms with E-state index in [1.54, 1.807) is 11.1 Å². The van der Waals surface area contributed by atoms with Crippen molar-refractivity contribution >= 4 is 0 Å². The van der Waals surface area contributed by atoms with Gasteiger partial charge in [-0.05, 0) is 87.7 Å². The largest absolute Gasteiger partial charge is 0.475 e. The summed E-state index contributed by atoms with van der Waals surface area (Å²) >= 11 is 0. The van der Waals surface area contributed by atoms with E-state index in [2.05, 4.69) is 34.9 Å². The molecule has 3 heteroatoms. The Labute approximate surface area is 153 Å². The van der Waals surface area contributed by atoms with Crippen LogP contribution in [0.15, 0.2) is 18.2 Å². The molecular weight excluding hydrogens is 308 g/mol. The fourth-order valence-corrected chi connectivity index (χ4v) is 5.03. The molecular formula is C22H34N2O. The van der Waals surface area contributed by atoms with Crippen LogP contribution in [0.5, 0.6) is 5.75 Å². The number of hydrogen-bond acceptors (Lipinski definition) is 3. The van der Waals surface area contributed by atoms with Gasteiger partial charge in [0.25, 0.3) is 0 Å². The van der Waals surface area contributed by atoms with E-state index in [1.807, 2.05) is 0 Å². The molecule has 0 saturated carbocycles. The number of rotatable bonds is 5. The maximum absolute atomic E-state index is 6.47. The van der Waals surface area contributed by atoms with E-state index in [-0.39, 0.29) is 6.23 Å². The van der Waals surface area contributed by atoms with Gasteiger partial charge in [-0.2, -0.15) is 0 Å². The number of ether oxygens (including phenoxy) is 1. The summed E-state index contributed by atoms with van der Waals surface area (Å²) in [5.74, 6) is 1.09. The van der Waals surface area contributed by atoms with Crippen molar-refractivity contribution in [1.29, 1.82) is 0 Å². The number of hydrogen-bond donors (Lipinski definition) is 0. The molecule has 2 aliphatic heterocycles. The first-order chi connectivity index (χ1) is 12.3. The van der Waals surface area contributed by atoms with Crippen LogP contribution in [0.2, 0.25) is 0 Å². The van der Waals surface area contributed by atoms with Crippen LogP contribution in [0.3, 0.4) is 0 Å². The molecule has 1 aromatic rings. The molecule has 1 aromatic carbocycles. The van der Waals surface area contributed by atoms with E-state index in [0.717, 1.165) is 12.2 Å². The quantitative estimate of drug-likeness (QED) is 0.718. The van der Waals surface area contributed by atoms with Crippen LogP contribution in [0.4, 0.5) is 0 Å². The Morgan fingerprint density at radius 3 is 2.52 bits per heavy atom. The highest BCUT2D eigenvalue weighted by atomic mass is 16.5. The summed E-state index contributed by atoms with van der Waals surface area (Å²) in [6, 6.07) is 7.60.